The Morgan fingerprint density at radius 1 is 1.57 bits per heavy atom. The van der Waals surface area contributed by atoms with Gasteiger partial charge < -0.3 is 9.84 Å². The molecule has 14 heavy (non-hydrogen) atoms. The molecule has 0 radical (unpaired) electrons. The number of phenolic OH excluding ortho intramolecular Hbond substituents is 1. The summed E-state index contributed by atoms with van der Waals surface area (Å²) >= 11 is 5.74. The number of Topliss-reactive ketones (excluding diaryl/α,β-unsaturated/α-hetero) is 1. The topological polar surface area (TPSA) is 46.5 Å². The molecule has 1 rings (SSSR count). The van der Waals surface area contributed by atoms with Crippen LogP contribution >= 0.6 is 11.6 Å². The molecule has 1 aromatic carbocycles. The first kappa shape index (κ1) is 10.9. The second-order valence-electron chi connectivity index (χ2n) is 3.01. The molecule has 0 saturated heterocycles. The van der Waals surface area contributed by atoms with Gasteiger partial charge in [-0.2, -0.15) is 0 Å². The van der Waals surface area contributed by atoms with Crippen molar-refractivity contribution in [3.63, 3.8) is 0 Å². The standard InChI is InChI=1S/C10H11ClO3/c1-6(12)3-7-4-8(13)10(11)9(5-7)14-2/h4-5,13H,3H2,1-2H3. The largest absolute Gasteiger partial charge is 0.506 e. The highest BCUT2D eigenvalue weighted by Gasteiger charge is 2.09. The number of halogens is 1. The molecule has 0 atom stereocenters. The Hall–Kier alpha value is -1.22. The van der Waals surface area contributed by atoms with E-state index in [1.807, 2.05) is 0 Å². The molecule has 0 aliphatic heterocycles. The van der Waals surface area contributed by atoms with Crippen molar-refractivity contribution >= 4 is 17.4 Å². The molecule has 3 nitrogen and oxygen atoms in total. The number of ether oxygens (including phenoxy) is 1. The molecule has 0 heterocycles. The predicted molar refractivity (Wildman–Crippen MR) is 54.1 cm³/mol. The van der Waals surface area contributed by atoms with Crippen LogP contribution in [0.5, 0.6) is 11.5 Å². The SMILES string of the molecule is COc1cc(CC(C)=O)cc(O)c1Cl. The van der Waals surface area contributed by atoms with Crippen LogP contribution in [0.15, 0.2) is 12.1 Å². The number of rotatable bonds is 3. The molecule has 1 N–H and O–H groups in total. The number of hydrogen-bond acceptors (Lipinski definition) is 3. The third-order valence-corrected chi connectivity index (χ3v) is 2.13. The zero-order valence-corrected chi connectivity index (χ0v) is 8.76. The normalized spacial score (nSPS) is 9.93. The number of ketones is 1. The van der Waals surface area contributed by atoms with Crippen LogP contribution in [0, 0.1) is 0 Å². The van der Waals surface area contributed by atoms with E-state index in [4.69, 9.17) is 16.3 Å². The number of carbonyl (C=O) groups is 1. The Kier molecular flexibility index (Phi) is 3.36. The van der Waals surface area contributed by atoms with Gasteiger partial charge in [0.2, 0.25) is 0 Å². The highest BCUT2D eigenvalue weighted by atomic mass is 35.5. The number of phenols is 1. The maximum Gasteiger partial charge on any atom is 0.141 e. The minimum absolute atomic E-state index is 0.0220. The van der Waals surface area contributed by atoms with Crippen LogP contribution in [0.1, 0.15) is 12.5 Å². The fourth-order valence-electron chi connectivity index (χ4n) is 1.18. The minimum atomic E-state index is -0.0673. The first-order valence-corrected chi connectivity index (χ1v) is 4.47. The Morgan fingerprint density at radius 3 is 2.71 bits per heavy atom. The van der Waals surface area contributed by atoms with Gasteiger partial charge >= 0.3 is 0 Å². The van der Waals surface area contributed by atoms with Crippen LogP contribution in [-0.2, 0) is 11.2 Å². The van der Waals surface area contributed by atoms with E-state index < -0.39 is 0 Å². The average molecular weight is 215 g/mol. The first-order valence-electron chi connectivity index (χ1n) is 4.09. The Bertz CT molecular complexity index is 361. The summed E-state index contributed by atoms with van der Waals surface area (Å²) in [6.07, 6.45) is 0.265. The molecule has 0 bridgehead atoms. The highest BCUT2D eigenvalue weighted by molar-refractivity contribution is 6.33. The van der Waals surface area contributed by atoms with Crippen LogP contribution in [-0.4, -0.2) is 18.0 Å². The Balaban J connectivity index is 3.09. The van der Waals surface area contributed by atoms with Crippen LogP contribution in [0.4, 0.5) is 0 Å². The molecule has 0 amide bonds. The van der Waals surface area contributed by atoms with Gasteiger partial charge in [-0.25, -0.2) is 0 Å². The molecule has 0 aromatic heterocycles. The van der Waals surface area contributed by atoms with E-state index in [1.165, 1.54) is 20.1 Å². The quantitative estimate of drug-likeness (QED) is 0.839. The number of methoxy groups -OCH3 is 1. The van der Waals surface area contributed by atoms with Crippen molar-refractivity contribution in [3.8, 4) is 11.5 Å². The van der Waals surface area contributed by atoms with E-state index in [1.54, 1.807) is 6.07 Å². The highest BCUT2D eigenvalue weighted by Crippen LogP contribution is 2.34. The molecule has 0 unspecified atom stereocenters. The van der Waals surface area contributed by atoms with E-state index in [0.717, 1.165) is 0 Å². The van der Waals surface area contributed by atoms with Gasteiger partial charge in [0.05, 0.1) is 7.11 Å². The monoisotopic (exact) mass is 214 g/mol. The van der Waals surface area contributed by atoms with E-state index in [9.17, 15) is 9.90 Å². The molecular formula is C10H11ClO3. The molecule has 0 spiro atoms. The fraction of sp³-hybridized carbons (Fsp3) is 0.300. The van der Waals surface area contributed by atoms with Gasteiger partial charge in [0.1, 0.15) is 22.3 Å². The average Bonchev–Trinajstić information content (AvgIpc) is 2.10. The minimum Gasteiger partial charge on any atom is -0.506 e. The van der Waals surface area contributed by atoms with Gasteiger partial charge in [-0.1, -0.05) is 11.6 Å². The summed E-state index contributed by atoms with van der Waals surface area (Å²) in [5.74, 6) is 0.332. The fourth-order valence-corrected chi connectivity index (χ4v) is 1.36. The van der Waals surface area contributed by atoms with Gasteiger partial charge in [0, 0.05) is 6.42 Å². The summed E-state index contributed by atoms with van der Waals surface area (Å²) in [6, 6.07) is 3.11. The zero-order chi connectivity index (χ0) is 10.7. The lowest BCUT2D eigenvalue weighted by molar-refractivity contribution is -0.116. The van der Waals surface area contributed by atoms with Crippen molar-refractivity contribution in [2.45, 2.75) is 13.3 Å². The van der Waals surface area contributed by atoms with Crippen molar-refractivity contribution < 1.29 is 14.6 Å². The third kappa shape index (κ3) is 2.39. The lowest BCUT2D eigenvalue weighted by Crippen LogP contribution is -1.97. The van der Waals surface area contributed by atoms with Gasteiger partial charge in [-0.05, 0) is 24.6 Å². The van der Waals surface area contributed by atoms with Gasteiger partial charge in [0.25, 0.3) is 0 Å². The van der Waals surface area contributed by atoms with Crippen molar-refractivity contribution in [3.05, 3.63) is 22.7 Å². The lowest BCUT2D eigenvalue weighted by atomic mass is 10.1. The molecule has 0 aliphatic rings. The van der Waals surface area contributed by atoms with Crippen molar-refractivity contribution in [2.24, 2.45) is 0 Å². The molecule has 76 valence electrons. The molecule has 0 saturated carbocycles. The number of hydrogen-bond donors (Lipinski definition) is 1. The molecular weight excluding hydrogens is 204 g/mol. The van der Waals surface area contributed by atoms with E-state index in [-0.39, 0.29) is 23.0 Å². The zero-order valence-electron chi connectivity index (χ0n) is 8.00. The second-order valence-corrected chi connectivity index (χ2v) is 3.39. The number of aromatic hydroxyl groups is 1. The van der Waals surface area contributed by atoms with Crippen molar-refractivity contribution in [1.29, 1.82) is 0 Å². The molecule has 4 heteroatoms. The van der Waals surface area contributed by atoms with E-state index in [2.05, 4.69) is 0 Å². The van der Waals surface area contributed by atoms with Gasteiger partial charge in [-0.15, -0.1) is 0 Å². The van der Waals surface area contributed by atoms with Crippen LogP contribution in [0.3, 0.4) is 0 Å². The number of benzene rings is 1. The third-order valence-electron chi connectivity index (χ3n) is 1.75. The lowest BCUT2D eigenvalue weighted by Gasteiger charge is -2.07. The van der Waals surface area contributed by atoms with Gasteiger partial charge in [0.15, 0.2) is 0 Å². The second kappa shape index (κ2) is 4.33. The summed E-state index contributed by atoms with van der Waals surface area (Å²) in [6.45, 7) is 1.48. The maximum absolute atomic E-state index is 10.9. The summed E-state index contributed by atoms with van der Waals surface area (Å²) in [5.41, 5.74) is 0.691. The van der Waals surface area contributed by atoms with Crippen molar-refractivity contribution in [1.82, 2.24) is 0 Å². The first-order chi connectivity index (χ1) is 6.54. The van der Waals surface area contributed by atoms with Crippen LogP contribution < -0.4 is 4.74 Å². The smallest absolute Gasteiger partial charge is 0.141 e. The Morgan fingerprint density at radius 2 is 2.21 bits per heavy atom. The Labute approximate surface area is 87.3 Å². The molecule has 0 aliphatic carbocycles. The van der Waals surface area contributed by atoms with Crippen molar-refractivity contribution in [2.75, 3.05) is 7.11 Å². The summed E-state index contributed by atoms with van der Waals surface area (Å²) in [7, 11) is 1.46. The van der Waals surface area contributed by atoms with Crippen LogP contribution in [0.2, 0.25) is 5.02 Å². The summed E-state index contributed by atoms with van der Waals surface area (Å²) in [5, 5.41) is 9.57. The summed E-state index contributed by atoms with van der Waals surface area (Å²) < 4.78 is 4.94. The number of carbonyl (C=O) groups excluding carboxylic acids is 1. The molecule has 0 fully saturated rings. The molecule has 1 aromatic rings. The van der Waals surface area contributed by atoms with Gasteiger partial charge in [-0.3, -0.25) is 4.79 Å². The summed E-state index contributed by atoms with van der Waals surface area (Å²) in [4.78, 5) is 10.9. The predicted octanol–water partition coefficient (Wildman–Crippen LogP) is 2.19. The van der Waals surface area contributed by atoms with E-state index in [0.29, 0.717) is 11.3 Å². The van der Waals surface area contributed by atoms with Crippen LogP contribution in [0.25, 0.3) is 0 Å². The maximum atomic E-state index is 10.9. The van der Waals surface area contributed by atoms with E-state index >= 15 is 0 Å².